The van der Waals surface area contributed by atoms with E-state index in [1.807, 2.05) is 0 Å². The Bertz CT molecular complexity index is 1160. The average Bonchev–Trinajstić information content (AvgIpc) is 3.35. The van der Waals surface area contributed by atoms with E-state index in [-0.39, 0.29) is 31.1 Å². The molecule has 0 bridgehead atoms. The van der Waals surface area contributed by atoms with E-state index in [4.69, 9.17) is 14.2 Å². The molecule has 1 atom stereocenters. The van der Waals surface area contributed by atoms with E-state index >= 15 is 0 Å². The van der Waals surface area contributed by atoms with Gasteiger partial charge in [0.05, 0.1) is 0 Å². The summed E-state index contributed by atoms with van der Waals surface area (Å²) in [6.07, 6.45) is 70.1. The highest BCUT2D eigenvalue weighted by Crippen LogP contribution is 2.17. The van der Waals surface area contributed by atoms with Gasteiger partial charge in [-0.15, -0.1) is 0 Å². The van der Waals surface area contributed by atoms with Crippen molar-refractivity contribution in [3.05, 3.63) is 36.5 Å². The molecule has 0 saturated carbocycles. The monoisotopic (exact) mass is 969 g/mol. The Morgan fingerprint density at radius 2 is 0.522 bits per heavy atom. The highest BCUT2D eigenvalue weighted by atomic mass is 16.6. The van der Waals surface area contributed by atoms with Gasteiger partial charge in [-0.1, -0.05) is 288 Å². The molecule has 404 valence electrons. The van der Waals surface area contributed by atoms with Crippen molar-refractivity contribution in [1.29, 1.82) is 0 Å². The molecule has 69 heavy (non-hydrogen) atoms. The van der Waals surface area contributed by atoms with E-state index in [1.54, 1.807) is 0 Å². The summed E-state index contributed by atoms with van der Waals surface area (Å²) >= 11 is 0. The van der Waals surface area contributed by atoms with Crippen LogP contribution in [0.1, 0.15) is 329 Å². The molecule has 0 fully saturated rings. The molecule has 0 N–H and O–H groups in total. The second kappa shape index (κ2) is 58.2. The van der Waals surface area contributed by atoms with Crippen molar-refractivity contribution in [2.24, 2.45) is 0 Å². The number of unbranched alkanes of at least 4 members (excludes halogenated alkanes) is 39. The Morgan fingerprint density at radius 1 is 0.290 bits per heavy atom. The first-order chi connectivity index (χ1) is 34.0. The van der Waals surface area contributed by atoms with Gasteiger partial charge in [0.2, 0.25) is 0 Å². The number of allylic oxidation sites excluding steroid dienone is 6. The zero-order chi connectivity index (χ0) is 50.0. The lowest BCUT2D eigenvalue weighted by atomic mass is 10.0. The van der Waals surface area contributed by atoms with Gasteiger partial charge in [0, 0.05) is 19.3 Å². The third kappa shape index (κ3) is 56.4. The molecule has 0 aromatic carbocycles. The zero-order valence-electron chi connectivity index (χ0n) is 46.3. The maximum atomic E-state index is 12.8. The summed E-state index contributed by atoms with van der Waals surface area (Å²) in [5.74, 6) is -0.857. The molecule has 6 heteroatoms. The van der Waals surface area contributed by atoms with Crippen LogP contribution < -0.4 is 0 Å². The Hall–Kier alpha value is -2.37. The Morgan fingerprint density at radius 3 is 0.812 bits per heavy atom. The standard InChI is InChI=1S/C63H116O6/c1-4-7-10-13-16-19-21-23-25-27-29-30-31-32-33-34-35-37-38-40-42-44-47-50-53-56-62(65)68-59-60(58-67-61(64)55-52-49-46-18-15-12-9-6-3)69-63(66)57-54-51-48-45-43-41-39-36-28-26-24-22-20-17-14-11-8-5-2/h21,23,27,29,31-32,60H,4-20,22,24-26,28,30,33-59H2,1-3H3/b23-21-,29-27-,32-31-. The van der Waals surface area contributed by atoms with Crippen LogP contribution in [0.2, 0.25) is 0 Å². The molecule has 0 rings (SSSR count). The van der Waals surface area contributed by atoms with Crippen LogP contribution in [-0.2, 0) is 28.6 Å². The molecule has 0 aliphatic carbocycles. The van der Waals surface area contributed by atoms with Gasteiger partial charge in [-0.2, -0.15) is 0 Å². The maximum Gasteiger partial charge on any atom is 0.306 e. The first-order valence-electron chi connectivity index (χ1n) is 30.5. The van der Waals surface area contributed by atoms with Gasteiger partial charge in [-0.3, -0.25) is 14.4 Å². The van der Waals surface area contributed by atoms with E-state index in [2.05, 4.69) is 57.2 Å². The van der Waals surface area contributed by atoms with E-state index in [1.165, 1.54) is 218 Å². The number of hydrogen-bond acceptors (Lipinski definition) is 6. The maximum absolute atomic E-state index is 12.8. The van der Waals surface area contributed by atoms with Crippen LogP contribution >= 0.6 is 0 Å². The average molecular weight is 970 g/mol. The predicted octanol–water partition coefficient (Wildman–Crippen LogP) is 20.4. The number of carbonyl (C=O) groups excluding carboxylic acids is 3. The summed E-state index contributed by atoms with van der Waals surface area (Å²) in [5, 5.41) is 0. The fourth-order valence-electron chi connectivity index (χ4n) is 9.04. The molecular formula is C63H116O6. The third-order valence-corrected chi connectivity index (χ3v) is 13.6. The smallest absolute Gasteiger partial charge is 0.306 e. The van der Waals surface area contributed by atoms with Gasteiger partial charge in [-0.25, -0.2) is 0 Å². The van der Waals surface area contributed by atoms with Gasteiger partial charge >= 0.3 is 17.9 Å². The summed E-state index contributed by atoms with van der Waals surface area (Å²) in [6.45, 7) is 6.64. The highest BCUT2D eigenvalue weighted by Gasteiger charge is 2.19. The first-order valence-corrected chi connectivity index (χ1v) is 30.5. The van der Waals surface area contributed by atoms with Gasteiger partial charge in [-0.05, 0) is 57.8 Å². The summed E-state index contributed by atoms with van der Waals surface area (Å²) in [7, 11) is 0. The number of carbonyl (C=O) groups is 3. The molecule has 0 heterocycles. The summed E-state index contributed by atoms with van der Waals surface area (Å²) in [4.78, 5) is 38.1. The second-order valence-corrected chi connectivity index (χ2v) is 20.6. The molecular weight excluding hydrogens is 853 g/mol. The number of hydrogen-bond donors (Lipinski definition) is 0. The highest BCUT2D eigenvalue weighted by molar-refractivity contribution is 5.71. The Kier molecular flexibility index (Phi) is 56.2. The number of rotatable bonds is 56. The zero-order valence-corrected chi connectivity index (χ0v) is 46.3. The minimum atomic E-state index is -0.768. The topological polar surface area (TPSA) is 78.9 Å². The van der Waals surface area contributed by atoms with E-state index in [0.717, 1.165) is 70.6 Å². The lowest BCUT2D eigenvalue weighted by molar-refractivity contribution is -0.167. The quantitative estimate of drug-likeness (QED) is 0.0261. The lowest BCUT2D eigenvalue weighted by Gasteiger charge is -2.18. The molecule has 0 aromatic rings. The van der Waals surface area contributed by atoms with Crippen LogP contribution in [0.5, 0.6) is 0 Å². The van der Waals surface area contributed by atoms with Crippen LogP contribution in [0.15, 0.2) is 36.5 Å². The Balaban J connectivity index is 4.16. The molecule has 0 aliphatic heterocycles. The molecule has 0 saturated heterocycles. The van der Waals surface area contributed by atoms with Gasteiger partial charge < -0.3 is 14.2 Å². The molecule has 0 radical (unpaired) electrons. The van der Waals surface area contributed by atoms with Crippen LogP contribution in [-0.4, -0.2) is 37.2 Å². The van der Waals surface area contributed by atoms with Crippen LogP contribution in [0.4, 0.5) is 0 Å². The van der Waals surface area contributed by atoms with Crippen molar-refractivity contribution in [1.82, 2.24) is 0 Å². The van der Waals surface area contributed by atoms with Crippen molar-refractivity contribution in [3.63, 3.8) is 0 Å². The summed E-state index contributed by atoms with van der Waals surface area (Å²) < 4.78 is 16.8. The van der Waals surface area contributed by atoms with Crippen molar-refractivity contribution in [2.75, 3.05) is 13.2 Å². The Labute approximate surface area is 429 Å². The molecule has 0 aromatic heterocycles. The molecule has 0 aliphatic rings. The van der Waals surface area contributed by atoms with Gasteiger partial charge in [0.15, 0.2) is 6.10 Å². The van der Waals surface area contributed by atoms with Gasteiger partial charge in [0.1, 0.15) is 13.2 Å². The summed E-state index contributed by atoms with van der Waals surface area (Å²) in [5.41, 5.74) is 0. The fourth-order valence-corrected chi connectivity index (χ4v) is 9.04. The van der Waals surface area contributed by atoms with Crippen molar-refractivity contribution >= 4 is 17.9 Å². The molecule has 0 amide bonds. The second-order valence-electron chi connectivity index (χ2n) is 20.6. The number of ether oxygens (including phenoxy) is 3. The van der Waals surface area contributed by atoms with Crippen LogP contribution in [0, 0.1) is 0 Å². The largest absolute Gasteiger partial charge is 0.462 e. The molecule has 6 nitrogen and oxygen atoms in total. The normalized spacial score (nSPS) is 12.2. The van der Waals surface area contributed by atoms with E-state index in [0.29, 0.717) is 19.3 Å². The molecule has 1 unspecified atom stereocenters. The lowest BCUT2D eigenvalue weighted by Crippen LogP contribution is -2.30. The van der Waals surface area contributed by atoms with Gasteiger partial charge in [0.25, 0.3) is 0 Å². The first kappa shape index (κ1) is 66.6. The minimum absolute atomic E-state index is 0.0688. The predicted molar refractivity (Wildman–Crippen MR) is 298 cm³/mol. The minimum Gasteiger partial charge on any atom is -0.462 e. The fraction of sp³-hybridized carbons (Fsp3) is 0.857. The van der Waals surface area contributed by atoms with Crippen molar-refractivity contribution < 1.29 is 28.6 Å². The van der Waals surface area contributed by atoms with E-state index in [9.17, 15) is 14.4 Å². The summed E-state index contributed by atoms with van der Waals surface area (Å²) in [6, 6.07) is 0. The van der Waals surface area contributed by atoms with Crippen LogP contribution in [0.25, 0.3) is 0 Å². The van der Waals surface area contributed by atoms with Crippen molar-refractivity contribution in [2.45, 2.75) is 335 Å². The SMILES string of the molecule is CCCCCCC/C=C\C/C=C\C/C=C\CCCCCCCCCCCCC(=O)OCC(COC(=O)CCCCCCCCCC)OC(=O)CCCCCCCCCCCCCCCCCCCC. The number of esters is 3. The molecule has 0 spiro atoms. The van der Waals surface area contributed by atoms with Crippen molar-refractivity contribution in [3.8, 4) is 0 Å². The third-order valence-electron chi connectivity index (χ3n) is 13.6. The van der Waals surface area contributed by atoms with E-state index < -0.39 is 6.10 Å². The van der Waals surface area contributed by atoms with Crippen LogP contribution in [0.3, 0.4) is 0 Å².